The summed E-state index contributed by atoms with van der Waals surface area (Å²) in [7, 11) is 0. The lowest BCUT2D eigenvalue weighted by Gasteiger charge is -2.34. The summed E-state index contributed by atoms with van der Waals surface area (Å²) >= 11 is 0. The van der Waals surface area contributed by atoms with Crippen molar-refractivity contribution in [3.05, 3.63) is 0 Å². The molecule has 0 saturated heterocycles. The maximum atomic E-state index is 9.91. The fraction of sp³-hybridized carbons (Fsp3) is 1.00. The molecule has 0 radical (unpaired) electrons. The van der Waals surface area contributed by atoms with Crippen LogP contribution >= 0.6 is 0 Å². The molecule has 0 heterocycles. The Hall–Kier alpha value is -0.0800. The van der Waals surface area contributed by atoms with Crippen LogP contribution in [-0.2, 0) is 0 Å². The SMILES string of the molecule is CCC(C)(O)CNC1CCC(C)C(C)C1. The first kappa shape index (κ1) is 13.0. The summed E-state index contributed by atoms with van der Waals surface area (Å²) < 4.78 is 0. The predicted molar refractivity (Wildman–Crippen MR) is 64.9 cm³/mol. The Morgan fingerprint density at radius 2 is 1.93 bits per heavy atom. The first-order valence-electron chi connectivity index (χ1n) is 6.40. The molecular formula is C13H27NO. The quantitative estimate of drug-likeness (QED) is 0.752. The number of nitrogens with one attached hydrogen (secondary N) is 1. The molecule has 0 amide bonds. The Morgan fingerprint density at radius 1 is 1.27 bits per heavy atom. The van der Waals surface area contributed by atoms with Crippen LogP contribution in [-0.4, -0.2) is 23.3 Å². The lowest BCUT2D eigenvalue weighted by atomic mass is 9.79. The fourth-order valence-electron chi connectivity index (χ4n) is 2.22. The van der Waals surface area contributed by atoms with Gasteiger partial charge in [-0.15, -0.1) is 0 Å². The maximum Gasteiger partial charge on any atom is 0.0741 e. The second kappa shape index (κ2) is 5.31. The highest BCUT2D eigenvalue weighted by Gasteiger charge is 2.26. The van der Waals surface area contributed by atoms with Crippen LogP contribution in [0.25, 0.3) is 0 Å². The van der Waals surface area contributed by atoms with Crippen molar-refractivity contribution in [1.82, 2.24) is 5.32 Å². The molecule has 0 spiro atoms. The normalized spacial score (nSPS) is 36.2. The summed E-state index contributed by atoms with van der Waals surface area (Å²) in [6, 6.07) is 0.620. The van der Waals surface area contributed by atoms with Gasteiger partial charge in [0.2, 0.25) is 0 Å². The van der Waals surface area contributed by atoms with Crippen molar-refractivity contribution < 1.29 is 5.11 Å². The van der Waals surface area contributed by atoms with E-state index in [9.17, 15) is 5.11 Å². The zero-order chi connectivity index (χ0) is 11.5. The molecular weight excluding hydrogens is 186 g/mol. The van der Waals surface area contributed by atoms with Gasteiger partial charge in [0.1, 0.15) is 0 Å². The largest absolute Gasteiger partial charge is 0.389 e. The highest BCUT2D eigenvalue weighted by Crippen LogP contribution is 2.29. The van der Waals surface area contributed by atoms with Gasteiger partial charge in [-0.2, -0.15) is 0 Å². The Morgan fingerprint density at radius 3 is 2.47 bits per heavy atom. The third-order valence-electron chi connectivity index (χ3n) is 4.13. The second-order valence-electron chi connectivity index (χ2n) is 5.70. The summed E-state index contributed by atoms with van der Waals surface area (Å²) in [6.07, 6.45) is 4.68. The van der Waals surface area contributed by atoms with Crippen molar-refractivity contribution in [3.8, 4) is 0 Å². The van der Waals surface area contributed by atoms with Crippen molar-refractivity contribution in [1.29, 1.82) is 0 Å². The predicted octanol–water partition coefficient (Wildman–Crippen LogP) is 2.56. The topological polar surface area (TPSA) is 32.3 Å². The van der Waals surface area contributed by atoms with E-state index < -0.39 is 5.60 Å². The van der Waals surface area contributed by atoms with Crippen molar-refractivity contribution in [2.75, 3.05) is 6.54 Å². The van der Waals surface area contributed by atoms with Crippen molar-refractivity contribution in [2.45, 2.75) is 65.0 Å². The smallest absolute Gasteiger partial charge is 0.0741 e. The number of aliphatic hydroxyl groups is 1. The molecule has 0 aliphatic heterocycles. The van der Waals surface area contributed by atoms with Gasteiger partial charge in [-0.25, -0.2) is 0 Å². The minimum absolute atomic E-state index is 0.535. The van der Waals surface area contributed by atoms with Gasteiger partial charge in [0.25, 0.3) is 0 Å². The molecule has 1 aliphatic rings. The molecule has 2 heteroatoms. The molecule has 2 nitrogen and oxygen atoms in total. The molecule has 4 unspecified atom stereocenters. The Balaban J connectivity index is 2.28. The van der Waals surface area contributed by atoms with Crippen LogP contribution in [0.5, 0.6) is 0 Å². The van der Waals surface area contributed by atoms with E-state index in [0.29, 0.717) is 6.04 Å². The molecule has 4 atom stereocenters. The lowest BCUT2D eigenvalue weighted by molar-refractivity contribution is 0.0490. The monoisotopic (exact) mass is 213 g/mol. The van der Waals surface area contributed by atoms with Crippen LogP contribution in [0.2, 0.25) is 0 Å². The number of hydrogen-bond donors (Lipinski definition) is 2. The molecule has 0 aromatic carbocycles. The van der Waals surface area contributed by atoms with E-state index in [1.165, 1.54) is 19.3 Å². The molecule has 0 aromatic rings. The standard InChI is InChI=1S/C13H27NO/c1-5-13(4,15)9-14-12-7-6-10(2)11(3)8-12/h10-12,14-15H,5-9H2,1-4H3. The molecule has 15 heavy (non-hydrogen) atoms. The van der Waals surface area contributed by atoms with E-state index in [-0.39, 0.29) is 0 Å². The average Bonchev–Trinajstić information content (AvgIpc) is 2.20. The molecule has 1 saturated carbocycles. The summed E-state index contributed by atoms with van der Waals surface area (Å²) in [6.45, 7) is 9.37. The van der Waals surface area contributed by atoms with Crippen molar-refractivity contribution in [3.63, 3.8) is 0 Å². The lowest BCUT2D eigenvalue weighted by Crippen LogP contribution is -2.44. The maximum absolute atomic E-state index is 9.91. The van der Waals surface area contributed by atoms with Gasteiger partial charge in [0.15, 0.2) is 0 Å². The van der Waals surface area contributed by atoms with Crippen molar-refractivity contribution in [2.24, 2.45) is 11.8 Å². The van der Waals surface area contributed by atoms with Crippen LogP contribution in [0.15, 0.2) is 0 Å². The van der Waals surface area contributed by atoms with Gasteiger partial charge < -0.3 is 10.4 Å². The summed E-state index contributed by atoms with van der Waals surface area (Å²) in [5.41, 5.74) is -0.535. The Bertz CT molecular complexity index is 191. The molecule has 0 aromatic heterocycles. The van der Waals surface area contributed by atoms with Crippen LogP contribution in [0.4, 0.5) is 0 Å². The minimum Gasteiger partial charge on any atom is -0.389 e. The van der Waals surface area contributed by atoms with Crippen LogP contribution in [0, 0.1) is 11.8 Å². The first-order valence-corrected chi connectivity index (χ1v) is 6.40. The van der Waals surface area contributed by atoms with E-state index in [1.54, 1.807) is 0 Å². The molecule has 0 bridgehead atoms. The molecule has 90 valence electrons. The van der Waals surface area contributed by atoms with Gasteiger partial charge in [-0.3, -0.25) is 0 Å². The zero-order valence-corrected chi connectivity index (χ0v) is 10.7. The first-order chi connectivity index (χ1) is 6.94. The molecule has 1 rings (SSSR count). The van der Waals surface area contributed by atoms with E-state index >= 15 is 0 Å². The number of rotatable bonds is 4. The Labute approximate surface area is 94.5 Å². The van der Waals surface area contributed by atoms with E-state index in [2.05, 4.69) is 19.2 Å². The molecule has 2 N–H and O–H groups in total. The van der Waals surface area contributed by atoms with Crippen LogP contribution in [0.1, 0.15) is 53.4 Å². The van der Waals surface area contributed by atoms with Gasteiger partial charge in [0, 0.05) is 12.6 Å². The van der Waals surface area contributed by atoms with Crippen molar-refractivity contribution >= 4 is 0 Å². The average molecular weight is 213 g/mol. The minimum atomic E-state index is -0.535. The Kier molecular flexibility index (Phi) is 4.60. The highest BCUT2D eigenvalue weighted by atomic mass is 16.3. The number of hydrogen-bond acceptors (Lipinski definition) is 2. The zero-order valence-electron chi connectivity index (χ0n) is 10.7. The van der Waals surface area contributed by atoms with E-state index in [1.807, 2.05) is 13.8 Å². The molecule has 1 fully saturated rings. The highest BCUT2D eigenvalue weighted by molar-refractivity contribution is 4.82. The third kappa shape index (κ3) is 4.12. The van der Waals surface area contributed by atoms with Gasteiger partial charge in [-0.1, -0.05) is 20.8 Å². The summed E-state index contributed by atoms with van der Waals surface area (Å²) in [5.74, 6) is 1.69. The van der Waals surface area contributed by atoms with Gasteiger partial charge in [0.05, 0.1) is 5.60 Å². The molecule has 1 aliphatic carbocycles. The second-order valence-corrected chi connectivity index (χ2v) is 5.70. The van der Waals surface area contributed by atoms with Crippen LogP contribution in [0.3, 0.4) is 0 Å². The van der Waals surface area contributed by atoms with Gasteiger partial charge >= 0.3 is 0 Å². The van der Waals surface area contributed by atoms with Crippen LogP contribution < -0.4 is 5.32 Å². The summed E-state index contributed by atoms with van der Waals surface area (Å²) in [5, 5.41) is 13.4. The summed E-state index contributed by atoms with van der Waals surface area (Å²) in [4.78, 5) is 0. The van der Waals surface area contributed by atoms with Gasteiger partial charge in [-0.05, 0) is 44.4 Å². The van der Waals surface area contributed by atoms with E-state index in [0.717, 1.165) is 24.8 Å². The fourth-order valence-corrected chi connectivity index (χ4v) is 2.22. The third-order valence-corrected chi connectivity index (χ3v) is 4.13. The van der Waals surface area contributed by atoms with E-state index in [4.69, 9.17) is 0 Å².